The number of carboxylic acid groups (broad SMARTS) is 1. The van der Waals surface area contributed by atoms with Crippen LogP contribution >= 0.6 is 28.3 Å². The van der Waals surface area contributed by atoms with Crippen LogP contribution in [-0.4, -0.2) is 75.7 Å². The van der Waals surface area contributed by atoms with Gasteiger partial charge in [-0.25, -0.2) is 0 Å². The number of para-hydroxylation sites is 1. The maximum absolute atomic E-state index is 12.4. The summed E-state index contributed by atoms with van der Waals surface area (Å²) < 4.78 is 0.877. The number of anilines is 1. The number of carboxylic acids is 1. The van der Waals surface area contributed by atoms with Gasteiger partial charge in [0.1, 0.15) is 5.75 Å². The molecule has 0 amide bonds. The molecule has 8 nitrogen and oxygen atoms in total. The second-order valence-electron chi connectivity index (χ2n) is 6.95. The molecular formula is C24H28BrClN2NaO6. The molecule has 3 aromatic rings. The van der Waals surface area contributed by atoms with E-state index < -0.39 is 12.1 Å². The van der Waals surface area contributed by atoms with Crippen LogP contribution in [0.2, 0.25) is 0 Å². The van der Waals surface area contributed by atoms with E-state index in [1.54, 1.807) is 73.8 Å². The Labute approximate surface area is 240 Å². The molecule has 1 atom stereocenters. The zero-order chi connectivity index (χ0) is 23.7. The van der Waals surface area contributed by atoms with Crippen molar-refractivity contribution in [1.29, 1.82) is 0 Å². The number of phenols is 1. The van der Waals surface area contributed by atoms with Crippen LogP contribution in [0.3, 0.4) is 0 Å². The van der Waals surface area contributed by atoms with Gasteiger partial charge in [-0.2, -0.15) is 0 Å². The minimum atomic E-state index is -0.982. The van der Waals surface area contributed by atoms with Crippen molar-refractivity contribution >= 4 is 75.3 Å². The number of rotatable bonds is 7. The van der Waals surface area contributed by atoms with Gasteiger partial charge >= 0.3 is 5.97 Å². The van der Waals surface area contributed by atoms with E-state index in [1.807, 2.05) is 0 Å². The molecule has 1 radical (unpaired) electrons. The Morgan fingerprint density at radius 2 is 1.66 bits per heavy atom. The van der Waals surface area contributed by atoms with Crippen molar-refractivity contribution in [3.8, 4) is 5.75 Å². The summed E-state index contributed by atoms with van der Waals surface area (Å²) in [5, 5.41) is 30.2. The quantitative estimate of drug-likeness (QED) is 0.163. The Morgan fingerprint density at radius 1 is 1.06 bits per heavy atom. The normalized spacial score (nSPS) is 10.3. The summed E-state index contributed by atoms with van der Waals surface area (Å²) in [4.78, 5) is 23.1. The Kier molecular flexibility index (Phi) is 17.6. The third-order valence-electron chi connectivity index (χ3n) is 4.54. The first-order valence-corrected chi connectivity index (χ1v) is 10.5. The van der Waals surface area contributed by atoms with Gasteiger partial charge in [-0.15, -0.1) is 12.4 Å². The maximum Gasteiger partial charge on any atom is 0.307 e. The summed E-state index contributed by atoms with van der Waals surface area (Å²) >= 11 is 3.30. The first kappa shape index (κ1) is 35.2. The van der Waals surface area contributed by atoms with Crippen molar-refractivity contribution in [2.24, 2.45) is 0 Å². The second-order valence-corrected chi connectivity index (χ2v) is 7.87. The number of carbonyl (C=O) groups excluding carboxylic acids is 1. The fourth-order valence-corrected chi connectivity index (χ4v) is 3.19. The number of aromatic hydroxyl groups is 1. The third kappa shape index (κ3) is 11.1. The number of ketones is 1. The van der Waals surface area contributed by atoms with Crippen LogP contribution in [-0.2, 0) is 11.2 Å². The monoisotopic (exact) mass is 577 g/mol. The number of aliphatic carboxylic acids is 1. The molecule has 0 spiro atoms. The summed E-state index contributed by atoms with van der Waals surface area (Å²) in [6, 6.07) is 18.4. The van der Waals surface area contributed by atoms with Crippen LogP contribution in [0.15, 0.2) is 71.2 Å². The zero-order valence-corrected chi connectivity index (χ0v) is 23.8. The summed E-state index contributed by atoms with van der Waals surface area (Å²) in [5.74, 6) is -1.02. The molecule has 185 valence electrons. The molecule has 0 heterocycles. The van der Waals surface area contributed by atoms with Crippen molar-refractivity contribution in [3.05, 3.63) is 93.5 Å². The summed E-state index contributed by atoms with van der Waals surface area (Å²) in [6.07, 6.45) is -0.755. The van der Waals surface area contributed by atoms with Crippen LogP contribution in [0.25, 0.3) is 0 Å². The average Bonchev–Trinajstić information content (AvgIpc) is 2.76. The standard InChI is InChI=1S/C15H12BrNO3.C9H13NO2.ClH.Na.H2O/c16-11-6-4-9(5-7-11)15(20)12-3-1-2-10(14(12)17)8-13(18)19;1-10-6-9(12)7-3-2-4-8(11)5-7;;;/h1-7H,8,17H2,(H,18,19);2-5,9-12H,6H2,1H3;1H;;1H2/t;9-;;;/m.0.../s1. The van der Waals surface area contributed by atoms with Gasteiger partial charge in [-0.05, 0) is 60.6 Å². The number of benzene rings is 3. The number of hydrogen-bond acceptors (Lipinski definition) is 6. The van der Waals surface area contributed by atoms with Crippen LogP contribution in [0, 0.1) is 0 Å². The van der Waals surface area contributed by atoms with Gasteiger partial charge in [-0.3, -0.25) is 9.59 Å². The molecule has 3 rings (SSSR count). The van der Waals surface area contributed by atoms with E-state index in [2.05, 4.69) is 21.2 Å². The van der Waals surface area contributed by atoms with Gasteiger partial charge in [-0.1, -0.05) is 40.2 Å². The fraction of sp³-hybridized carbons (Fsp3) is 0.167. The molecule has 0 saturated carbocycles. The first-order valence-electron chi connectivity index (χ1n) is 9.74. The number of aliphatic hydroxyl groups is 1. The Morgan fingerprint density at radius 3 is 2.20 bits per heavy atom. The van der Waals surface area contributed by atoms with Crippen LogP contribution < -0.4 is 11.1 Å². The van der Waals surface area contributed by atoms with Crippen molar-refractivity contribution < 1.29 is 30.4 Å². The van der Waals surface area contributed by atoms with Crippen LogP contribution in [0.5, 0.6) is 5.75 Å². The average molecular weight is 579 g/mol. The smallest absolute Gasteiger partial charge is 0.307 e. The number of likely N-dealkylation sites (N-methyl/N-ethyl adjacent to an activating group) is 1. The molecule has 35 heavy (non-hydrogen) atoms. The largest absolute Gasteiger partial charge is 0.508 e. The van der Waals surface area contributed by atoms with E-state index in [0.717, 1.165) is 10.0 Å². The predicted molar refractivity (Wildman–Crippen MR) is 143 cm³/mol. The third-order valence-corrected chi connectivity index (χ3v) is 5.07. The predicted octanol–water partition coefficient (Wildman–Crippen LogP) is 2.75. The summed E-state index contributed by atoms with van der Waals surface area (Å²) in [7, 11) is 1.77. The number of carbonyl (C=O) groups is 2. The maximum atomic E-state index is 12.4. The van der Waals surface area contributed by atoms with Gasteiger partial charge in [0, 0.05) is 57.4 Å². The van der Waals surface area contributed by atoms with Crippen LogP contribution in [0.1, 0.15) is 33.2 Å². The molecule has 0 fully saturated rings. The van der Waals surface area contributed by atoms with Gasteiger partial charge in [0.15, 0.2) is 5.78 Å². The first-order chi connectivity index (χ1) is 15.2. The summed E-state index contributed by atoms with van der Waals surface area (Å²) in [6.45, 7) is 0.490. The van der Waals surface area contributed by atoms with Gasteiger partial charge in [0.05, 0.1) is 12.5 Å². The molecule has 0 aliphatic carbocycles. The van der Waals surface area contributed by atoms with Gasteiger partial charge in [0.2, 0.25) is 0 Å². The van der Waals surface area contributed by atoms with Crippen molar-refractivity contribution in [2.45, 2.75) is 12.5 Å². The Hall–Kier alpha value is -1.95. The SMILES string of the molecule is CNC[C@H](O)c1cccc(O)c1.Cl.Nc1c(CC(=O)O)cccc1C(=O)c1ccc(Br)cc1.O.[Na]. The minimum absolute atomic E-state index is 0. The number of hydrogen-bond donors (Lipinski definition) is 5. The molecule has 0 aliphatic heterocycles. The van der Waals surface area contributed by atoms with Gasteiger partial charge < -0.3 is 31.8 Å². The molecule has 0 aromatic heterocycles. The topological polar surface area (TPSA) is 164 Å². The number of nitrogen functional groups attached to an aromatic ring is 1. The molecule has 8 N–H and O–H groups in total. The number of halogens is 2. The Balaban J connectivity index is 0. The number of nitrogens with one attached hydrogen (secondary N) is 1. The van der Waals surface area contributed by atoms with E-state index in [9.17, 15) is 14.7 Å². The van der Waals surface area contributed by atoms with Gasteiger partial charge in [0.25, 0.3) is 0 Å². The summed E-state index contributed by atoms with van der Waals surface area (Å²) in [5.41, 5.74) is 8.13. The van der Waals surface area contributed by atoms with Crippen LogP contribution in [0.4, 0.5) is 5.69 Å². The van der Waals surface area contributed by atoms with E-state index in [4.69, 9.17) is 15.9 Å². The zero-order valence-electron chi connectivity index (χ0n) is 19.4. The molecule has 0 unspecified atom stereocenters. The van der Waals surface area contributed by atoms with E-state index in [0.29, 0.717) is 23.2 Å². The van der Waals surface area contributed by atoms with Crippen molar-refractivity contribution in [1.82, 2.24) is 5.32 Å². The fourth-order valence-electron chi connectivity index (χ4n) is 2.93. The Bertz CT molecular complexity index is 1090. The van der Waals surface area contributed by atoms with E-state index in [1.165, 1.54) is 0 Å². The molecule has 0 saturated heterocycles. The van der Waals surface area contributed by atoms with Crippen molar-refractivity contribution in [3.63, 3.8) is 0 Å². The van der Waals surface area contributed by atoms with E-state index in [-0.39, 0.29) is 71.1 Å². The van der Waals surface area contributed by atoms with E-state index >= 15 is 0 Å². The molecule has 11 heteroatoms. The molecular weight excluding hydrogens is 551 g/mol. The van der Waals surface area contributed by atoms with Crippen molar-refractivity contribution in [2.75, 3.05) is 19.3 Å². The number of nitrogens with two attached hydrogens (primary N) is 1. The molecule has 0 aliphatic rings. The molecule has 0 bridgehead atoms. The second kappa shape index (κ2) is 17.5. The number of aliphatic hydroxyl groups excluding tert-OH is 1. The minimum Gasteiger partial charge on any atom is -0.508 e. The molecule has 3 aromatic carbocycles. The number of phenolic OH excluding ortho intramolecular Hbond substituents is 1.